The SMILES string of the molecule is O[C@H](CNCc1cn[nH]c1-c1ccc(F)cc1)c1ccccc1. The Balaban J connectivity index is 1.61. The van der Waals surface area contributed by atoms with Crippen molar-refractivity contribution >= 4 is 0 Å². The van der Waals surface area contributed by atoms with Crippen molar-refractivity contribution in [2.45, 2.75) is 12.6 Å². The predicted octanol–water partition coefficient (Wildman–Crippen LogP) is 3.04. The molecule has 0 bridgehead atoms. The molecule has 4 nitrogen and oxygen atoms in total. The van der Waals surface area contributed by atoms with Gasteiger partial charge in [0.1, 0.15) is 5.82 Å². The molecule has 118 valence electrons. The van der Waals surface area contributed by atoms with E-state index in [1.807, 2.05) is 30.3 Å². The first-order valence-electron chi connectivity index (χ1n) is 7.46. The number of nitrogens with zero attached hydrogens (tertiary/aromatic N) is 1. The minimum absolute atomic E-state index is 0.265. The van der Waals surface area contributed by atoms with E-state index in [2.05, 4.69) is 15.5 Å². The van der Waals surface area contributed by atoms with Crippen molar-refractivity contribution in [1.82, 2.24) is 15.5 Å². The monoisotopic (exact) mass is 311 g/mol. The van der Waals surface area contributed by atoms with Gasteiger partial charge in [-0.2, -0.15) is 5.10 Å². The van der Waals surface area contributed by atoms with Crippen LogP contribution in [0.25, 0.3) is 11.3 Å². The summed E-state index contributed by atoms with van der Waals surface area (Å²) in [5.74, 6) is -0.265. The highest BCUT2D eigenvalue weighted by Gasteiger charge is 2.10. The Labute approximate surface area is 134 Å². The number of rotatable bonds is 6. The Morgan fingerprint density at radius 1 is 1.09 bits per heavy atom. The lowest BCUT2D eigenvalue weighted by Gasteiger charge is -2.12. The molecule has 0 aliphatic carbocycles. The van der Waals surface area contributed by atoms with Gasteiger partial charge < -0.3 is 10.4 Å². The molecule has 0 radical (unpaired) electrons. The summed E-state index contributed by atoms with van der Waals surface area (Å²) in [5, 5.41) is 20.4. The van der Waals surface area contributed by atoms with Gasteiger partial charge in [0.15, 0.2) is 0 Å². The van der Waals surface area contributed by atoms with Gasteiger partial charge in [-0.3, -0.25) is 5.10 Å². The third-order valence-corrected chi connectivity index (χ3v) is 3.69. The summed E-state index contributed by atoms with van der Waals surface area (Å²) in [4.78, 5) is 0. The van der Waals surface area contributed by atoms with Crippen LogP contribution in [0, 0.1) is 5.82 Å². The minimum Gasteiger partial charge on any atom is -0.387 e. The molecule has 3 rings (SSSR count). The molecule has 1 aromatic heterocycles. The first-order valence-corrected chi connectivity index (χ1v) is 7.46. The maximum atomic E-state index is 13.0. The molecule has 0 aliphatic heterocycles. The predicted molar refractivity (Wildman–Crippen MR) is 87.1 cm³/mol. The summed E-state index contributed by atoms with van der Waals surface area (Å²) in [6, 6.07) is 15.8. The molecule has 0 fully saturated rings. The standard InChI is InChI=1S/C18H18FN3O/c19-16-8-6-14(7-9-16)18-15(11-21-22-18)10-20-12-17(23)13-4-2-1-3-5-13/h1-9,11,17,20,23H,10,12H2,(H,21,22)/t17-/m1/s1. The molecular weight excluding hydrogens is 293 g/mol. The van der Waals surface area contributed by atoms with Crippen molar-refractivity contribution in [3.8, 4) is 11.3 Å². The van der Waals surface area contributed by atoms with Crippen molar-refractivity contribution in [2.24, 2.45) is 0 Å². The van der Waals surface area contributed by atoms with Crippen LogP contribution in [0.15, 0.2) is 60.8 Å². The van der Waals surface area contributed by atoms with E-state index in [1.54, 1.807) is 18.3 Å². The largest absolute Gasteiger partial charge is 0.387 e. The van der Waals surface area contributed by atoms with Crippen LogP contribution in [-0.2, 0) is 6.54 Å². The Kier molecular flexibility index (Phi) is 4.80. The molecule has 1 atom stereocenters. The maximum Gasteiger partial charge on any atom is 0.123 e. The van der Waals surface area contributed by atoms with E-state index < -0.39 is 6.10 Å². The molecule has 23 heavy (non-hydrogen) atoms. The summed E-state index contributed by atoms with van der Waals surface area (Å²) < 4.78 is 13.0. The number of hydrogen-bond acceptors (Lipinski definition) is 3. The van der Waals surface area contributed by atoms with Crippen LogP contribution < -0.4 is 5.32 Å². The van der Waals surface area contributed by atoms with Crippen LogP contribution in [0.3, 0.4) is 0 Å². The van der Waals surface area contributed by atoms with E-state index in [4.69, 9.17) is 0 Å². The van der Waals surface area contributed by atoms with E-state index in [-0.39, 0.29) is 5.82 Å². The summed E-state index contributed by atoms with van der Waals surface area (Å²) in [7, 11) is 0. The maximum absolute atomic E-state index is 13.0. The van der Waals surface area contributed by atoms with Crippen LogP contribution in [0.5, 0.6) is 0 Å². The number of halogens is 1. The lowest BCUT2D eigenvalue weighted by Crippen LogP contribution is -2.21. The number of benzene rings is 2. The first-order chi connectivity index (χ1) is 11.2. The lowest BCUT2D eigenvalue weighted by molar-refractivity contribution is 0.174. The topological polar surface area (TPSA) is 60.9 Å². The smallest absolute Gasteiger partial charge is 0.123 e. The van der Waals surface area contributed by atoms with Crippen molar-refractivity contribution in [3.05, 3.63) is 77.7 Å². The average molecular weight is 311 g/mol. The van der Waals surface area contributed by atoms with Gasteiger partial charge in [-0.05, 0) is 29.8 Å². The average Bonchev–Trinajstić information content (AvgIpc) is 3.05. The number of aromatic amines is 1. The molecule has 5 heteroatoms. The number of hydrogen-bond donors (Lipinski definition) is 3. The summed E-state index contributed by atoms with van der Waals surface area (Å²) >= 11 is 0. The van der Waals surface area contributed by atoms with E-state index >= 15 is 0 Å². The normalized spacial score (nSPS) is 12.3. The number of aliphatic hydroxyl groups excluding tert-OH is 1. The van der Waals surface area contributed by atoms with Gasteiger partial charge in [-0.25, -0.2) is 4.39 Å². The van der Waals surface area contributed by atoms with Crippen LogP contribution in [0.1, 0.15) is 17.2 Å². The Hall–Kier alpha value is -2.50. The number of aromatic nitrogens is 2. The number of aliphatic hydroxyl groups is 1. The second-order valence-corrected chi connectivity index (χ2v) is 5.33. The van der Waals surface area contributed by atoms with Gasteiger partial charge in [-0.1, -0.05) is 30.3 Å². The Morgan fingerprint density at radius 3 is 2.57 bits per heavy atom. The summed E-state index contributed by atoms with van der Waals surface area (Å²) in [6.45, 7) is 1.01. The fourth-order valence-electron chi connectivity index (χ4n) is 2.45. The highest BCUT2D eigenvalue weighted by Crippen LogP contribution is 2.21. The van der Waals surface area contributed by atoms with Gasteiger partial charge in [0.05, 0.1) is 18.0 Å². The molecule has 0 saturated heterocycles. The van der Waals surface area contributed by atoms with Crippen LogP contribution in [-0.4, -0.2) is 21.8 Å². The molecule has 0 saturated carbocycles. The highest BCUT2D eigenvalue weighted by atomic mass is 19.1. The molecule has 0 spiro atoms. The van der Waals surface area contributed by atoms with Crippen molar-refractivity contribution in [2.75, 3.05) is 6.54 Å². The van der Waals surface area contributed by atoms with Gasteiger partial charge in [-0.15, -0.1) is 0 Å². The Bertz CT molecular complexity index is 740. The molecule has 1 heterocycles. The molecular formula is C18H18FN3O. The van der Waals surface area contributed by atoms with Crippen LogP contribution >= 0.6 is 0 Å². The van der Waals surface area contributed by atoms with Gasteiger partial charge in [0.2, 0.25) is 0 Å². The fraction of sp³-hybridized carbons (Fsp3) is 0.167. The van der Waals surface area contributed by atoms with E-state index in [9.17, 15) is 9.50 Å². The zero-order valence-corrected chi connectivity index (χ0v) is 12.5. The zero-order chi connectivity index (χ0) is 16.1. The lowest BCUT2D eigenvalue weighted by atomic mass is 10.1. The third-order valence-electron chi connectivity index (χ3n) is 3.69. The summed E-state index contributed by atoms with van der Waals surface area (Å²) in [6.07, 6.45) is 1.18. The molecule has 0 unspecified atom stereocenters. The van der Waals surface area contributed by atoms with Crippen molar-refractivity contribution in [3.63, 3.8) is 0 Å². The number of H-pyrrole nitrogens is 1. The van der Waals surface area contributed by atoms with Gasteiger partial charge >= 0.3 is 0 Å². The first kappa shape index (κ1) is 15.4. The van der Waals surface area contributed by atoms with Crippen molar-refractivity contribution < 1.29 is 9.50 Å². The molecule has 2 aromatic carbocycles. The molecule has 3 N–H and O–H groups in total. The highest BCUT2D eigenvalue weighted by molar-refractivity contribution is 5.62. The van der Waals surface area contributed by atoms with E-state index in [1.165, 1.54) is 12.1 Å². The van der Waals surface area contributed by atoms with E-state index in [0.717, 1.165) is 22.4 Å². The molecule has 0 aliphatic rings. The second kappa shape index (κ2) is 7.17. The number of nitrogens with one attached hydrogen (secondary N) is 2. The third kappa shape index (κ3) is 3.83. The Morgan fingerprint density at radius 2 is 1.83 bits per heavy atom. The zero-order valence-electron chi connectivity index (χ0n) is 12.5. The molecule has 0 amide bonds. The van der Waals surface area contributed by atoms with Gasteiger partial charge in [0, 0.05) is 24.2 Å². The fourth-order valence-corrected chi connectivity index (χ4v) is 2.45. The minimum atomic E-state index is -0.558. The van der Waals surface area contributed by atoms with Crippen LogP contribution in [0.4, 0.5) is 4.39 Å². The second-order valence-electron chi connectivity index (χ2n) is 5.33. The summed E-state index contributed by atoms with van der Waals surface area (Å²) in [5.41, 5.74) is 3.58. The molecule has 3 aromatic rings. The van der Waals surface area contributed by atoms with E-state index in [0.29, 0.717) is 13.1 Å². The van der Waals surface area contributed by atoms with Crippen LogP contribution in [0.2, 0.25) is 0 Å². The van der Waals surface area contributed by atoms with Crippen molar-refractivity contribution in [1.29, 1.82) is 0 Å². The van der Waals surface area contributed by atoms with Gasteiger partial charge in [0.25, 0.3) is 0 Å². The quantitative estimate of drug-likeness (QED) is 0.656.